The van der Waals surface area contributed by atoms with Gasteiger partial charge in [0.2, 0.25) is 0 Å². The van der Waals surface area contributed by atoms with E-state index in [1.54, 1.807) is 29.2 Å². The van der Waals surface area contributed by atoms with Gasteiger partial charge in [0.25, 0.3) is 5.91 Å². The van der Waals surface area contributed by atoms with E-state index in [0.29, 0.717) is 24.3 Å². The number of anilines is 1. The first-order chi connectivity index (χ1) is 9.70. The molecule has 0 atom stereocenters. The van der Waals surface area contributed by atoms with Crippen LogP contribution in [0.3, 0.4) is 0 Å². The molecule has 104 valence electrons. The Morgan fingerprint density at radius 3 is 2.30 bits per heavy atom. The van der Waals surface area contributed by atoms with Gasteiger partial charge in [0, 0.05) is 24.3 Å². The van der Waals surface area contributed by atoms with Gasteiger partial charge in [-0.15, -0.1) is 0 Å². The van der Waals surface area contributed by atoms with Gasteiger partial charge in [0.15, 0.2) is 0 Å². The van der Waals surface area contributed by atoms with Crippen LogP contribution in [0.1, 0.15) is 15.9 Å². The maximum atomic E-state index is 12.4. The minimum absolute atomic E-state index is 0.0620. The lowest BCUT2D eigenvalue weighted by Gasteiger charge is -2.22. The Morgan fingerprint density at radius 2 is 1.70 bits per heavy atom. The highest BCUT2D eigenvalue weighted by atomic mass is 16.3. The highest BCUT2D eigenvalue weighted by Crippen LogP contribution is 2.11. The third kappa shape index (κ3) is 3.59. The Balaban J connectivity index is 2.15. The SMILES string of the molecule is Nc1ccc(C(=O)N(CCO)Cc2ccccc2)cc1. The quantitative estimate of drug-likeness (QED) is 0.815. The molecule has 0 aliphatic heterocycles. The molecule has 1 amide bonds. The second kappa shape index (κ2) is 6.73. The van der Waals surface area contributed by atoms with Gasteiger partial charge in [-0.3, -0.25) is 4.79 Å². The van der Waals surface area contributed by atoms with Crippen molar-refractivity contribution in [1.29, 1.82) is 0 Å². The maximum absolute atomic E-state index is 12.4. The number of nitrogens with two attached hydrogens (primary N) is 1. The molecule has 0 saturated heterocycles. The molecular weight excluding hydrogens is 252 g/mol. The molecule has 0 spiro atoms. The third-order valence-corrected chi connectivity index (χ3v) is 3.03. The molecule has 0 saturated carbocycles. The van der Waals surface area contributed by atoms with Crippen LogP contribution < -0.4 is 5.73 Å². The van der Waals surface area contributed by atoms with E-state index in [1.165, 1.54) is 0 Å². The molecule has 0 unspecified atom stereocenters. The lowest BCUT2D eigenvalue weighted by Crippen LogP contribution is -2.33. The summed E-state index contributed by atoms with van der Waals surface area (Å²) in [5.74, 6) is -0.108. The summed E-state index contributed by atoms with van der Waals surface area (Å²) >= 11 is 0. The molecule has 2 aromatic carbocycles. The van der Waals surface area contributed by atoms with Crippen molar-refractivity contribution in [3.63, 3.8) is 0 Å². The number of benzene rings is 2. The molecule has 0 fully saturated rings. The van der Waals surface area contributed by atoms with Gasteiger partial charge >= 0.3 is 0 Å². The second-order valence-electron chi connectivity index (χ2n) is 4.56. The summed E-state index contributed by atoms with van der Waals surface area (Å²) in [5.41, 5.74) is 7.85. The number of amides is 1. The summed E-state index contributed by atoms with van der Waals surface area (Å²) in [7, 11) is 0. The van der Waals surface area contributed by atoms with E-state index in [4.69, 9.17) is 10.8 Å². The van der Waals surface area contributed by atoms with Crippen molar-refractivity contribution in [3.8, 4) is 0 Å². The van der Waals surface area contributed by atoms with Crippen LogP contribution in [0, 0.1) is 0 Å². The Hall–Kier alpha value is -2.33. The Bertz CT molecular complexity index is 552. The number of hydrogen-bond acceptors (Lipinski definition) is 3. The first-order valence-electron chi connectivity index (χ1n) is 6.50. The molecule has 0 aromatic heterocycles. The van der Waals surface area contributed by atoms with Gasteiger partial charge in [-0.25, -0.2) is 0 Å². The molecule has 2 aromatic rings. The van der Waals surface area contributed by atoms with Gasteiger partial charge < -0.3 is 15.7 Å². The fraction of sp³-hybridized carbons (Fsp3) is 0.188. The average Bonchev–Trinajstić information content (AvgIpc) is 2.48. The van der Waals surface area contributed by atoms with Crippen molar-refractivity contribution < 1.29 is 9.90 Å². The standard InChI is InChI=1S/C16H18N2O2/c17-15-8-6-14(7-9-15)16(20)18(10-11-19)12-13-4-2-1-3-5-13/h1-9,19H,10-12,17H2. The monoisotopic (exact) mass is 270 g/mol. The van der Waals surface area contributed by atoms with E-state index in [-0.39, 0.29) is 12.5 Å². The second-order valence-corrected chi connectivity index (χ2v) is 4.56. The van der Waals surface area contributed by atoms with Crippen LogP contribution in [0.5, 0.6) is 0 Å². The first-order valence-corrected chi connectivity index (χ1v) is 6.50. The lowest BCUT2D eigenvalue weighted by atomic mass is 10.1. The van der Waals surface area contributed by atoms with E-state index in [9.17, 15) is 4.79 Å². The smallest absolute Gasteiger partial charge is 0.254 e. The molecule has 3 N–H and O–H groups in total. The van der Waals surface area contributed by atoms with Crippen molar-refractivity contribution in [2.75, 3.05) is 18.9 Å². The normalized spacial score (nSPS) is 10.2. The number of rotatable bonds is 5. The van der Waals surface area contributed by atoms with Crippen LogP contribution in [0.4, 0.5) is 5.69 Å². The molecule has 0 bridgehead atoms. The highest BCUT2D eigenvalue weighted by molar-refractivity contribution is 5.94. The predicted octanol–water partition coefficient (Wildman–Crippen LogP) is 1.90. The van der Waals surface area contributed by atoms with Crippen LogP contribution in [-0.4, -0.2) is 29.1 Å². The fourth-order valence-electron chi connectivity index (χ4n) is 1.99. The van der Waals surface area contributed by atoms with Crippen molar-refractivity contribution in [2.24, 2.45) is 0 Å². The van der Waals surface area contributed by atoms with Crippen LogP contribution in [0.2, 0.25) is 0 Å². The minimum atomic E-state index is -0.108. The van der Waals surface area contributed by atoms with Crippen LogP contribution >= 0.6 is 0 Å². The van der Waals surface area contributed by atoms with Gasteiger partial charge in [0.1, 0.15) is 0 Å². The van der Waals surface area contributed by atoms with Gasteiger partial charge in [-0.2, -0.15) is 0 Å². The van der Waals surface area contributed by atoms with Gasteiger partial charge in [-0.05, 0) is 29.8 Å². The van der Waals surface area contributed by atoms with Crippen LogP contribution in [0.25, 0.3) is 0 Å². The number of nitrogen functional groups attached to an aromatic ring is 1. The van der Waals surface area contributed by atoms with E-state index < -0.39 is 0 Å². The largest absolute Gasteiger partial charge is 0.399 e. The molecule has 20 heavy (non-hydrogen) atoms. The summed E-state index contributed by atoms with van der Waals surface area (Å²) in [6, 6.07) is 16.5. The lowest BCUT2D eigenvalue weighted by molar-refractivity contribution is 0.0708. The molecule has 2 rings (SSSR count). The zero-order chi connectivity index (χ0) is 14.4. The number of nitrogens with zero attached hydrogens (tertiary/aromatic N) is 1. The molecule has 0 aliphatic rings. The van der Waals surface area contributed by atoms with Crippen LogP contribution in [-0.2, 0) is 6.54 Å². The highest BCUT2D eigenvalue weighted by Gasteiger charge is 2.15. The molecule has 0 radical (unpaired) electrons. The summed E-state index contributed by atoms with van der Waals surface area (Å²) < 4.78 is 0. The number of aliphatic hydroxyl groups is 1. The summed E-state index contributed by atoms with van der Waals surface area (Å²) in [6.07, 6.45) is 0. The van der Waals surface area contributed by atoms with Crippen molar-refractivity contribution >= 4 is 11.6 Å². The number of hydrogen-bond donors (Lipinski definition) is 2. The number of carbonyl (C=O) groups is 1. The number of carbonyl (C=O) groups excluding carboxylic acids is 1. The van der Waals surface area contributed by atoms with Crippen molar-refractivity contribution in [3.05, 3.63) is 65.7 Å². The van der Waals surface area contributed by atoms with Gasteiger partial charge in [0.05, 0.1) is 6.61 Å². The molecule has 4 nitrogen and oxygen atoms in total. The molecular formula is C16H18N2O2. The van der Waals surface area contributed by atoms with Crippen molar-refractivity contribution in [1.82, 2.24) is 4.90 Å². The topological polar surface area (TPSA) is 66.6 Å². The Kier molecular flexibility index (Phi) is 4.74. The molecule has 0 heterocycles. The van der Waals surface area contributed by atoms with E-state index in [1.807, 2.05) is 30.3 Å². The predicted molar refractivity (Wildman–Crippen MR) is 79.1 cm³/mol. The minimum Gasteiger partial charge on any atom is -0.399 e. The Morgan fingerprint density at radius 1 is 1.05 bits per heavy atom. The third-order valence-electron chi connectivity index (χ3n) is 3.03. The summed E-state index contributed by atoms with van der Waals surface area (Å²) in [6.45, 7) is 0.719. The zero-order valence-corrected chi connectivity index (χ0v) is 11.2. The summed E-state index contributed by atoms with van der Waals surface area (Å²) in [4.78, 5) is 14.1. The Labute approximate surface area is 118 Å². The first kappa shape index (κ1) is 14.1. The fourth-order valence-corrected chi connectivity index (χ4v) is 1.99. The van der Waals surface area contributed by atoms with E-state index in [2.05, 4.69) is 0 Å². The maximum Gasteiger partial charge on any atom is 0.254 e. The van der Waals surface area contributed by atoms with E-state index in [0.717, 1.165) is 5.56 Å². The van der Waals surface area contributed by atoms with Crippen LogP contribution in [0.15, 0.2) is 54.6 Å². The van der Waals surface area contributed by atoms with Gasteiger partial charge in [-0.1, -0.05) is 30.3 Å². The molecule has 4 heteroatoms. The van der Waals surface area contributed by atoms with Crippen molar-refractivity contribution in [2.45, 2.75) is 6.54 Å². The molecule has 0 aliphatic carbocycles. The zero-order valence-electron chi connectivity index (χ0n) is 11.2. The van der Waals surface area contributed by atoms with E-state index >= 15 is 0 Å². The average molecular weight is 270 g/mol. The number of aliphatic hydroxyl groups excluding tert-OH is 1. The summed E-state index contributed by atoms with van der Waals surface area (Å²) in [5, 5.41) is 9.14.